The molecule has 1 heterocycles. The SMILES string of the molecule is CCC(CCCC(=O)O)Oc1c(I)cc(Cc2cnc(N)nc2N)cc1OC. The van der Waals surface area contributed by atoms with Gasteiger partial charge in [0, 0.05) is 24.6 Å². The molecule has 1 unspecified atom stereocenters. The maximum absolute atomic E-state index is 10.7. The van der Waals surface area contributed by atoms with Crippen molar-refractivity contribution in [3.8, 4) is 11.5 Å². The third-order valence-electron chi connectivity index (χ3n) is 4.26. The zero-order valence-electron chi connectivity index (χ0n) is 15.9. The van der Waals surface area contributed by atoms with Crippen LogP contribution >= 0.6 is 22.6 Å². The molecule has 0 aliphatic heterocycles. The molecule has 0 aliphatic carbocycles. The molecule has 2 aromatic rings. The van der Waals surface area contributed by atoms with Crippen molar-refractivity contribution >= 4 is 40.3 Å². The molecule has 1 atom stereocenters. The fourth-order valence-electron chi connectivity index (χ4n) is 2.77. The number of carboxylic acid groups (broad SMARTS) is 1. The maximum atomic E-state index is 10.7. The quantitative estimate of drug-likeness (QED) is 0.424. The second-order valence-corrected chi connectivity index (χ2v) is 7.52. The Balaban J connectivity index is 2.18. The highest BCUT2D eigenvalue weighted by atomic mass is 127. The molecule has 2 rings (SSSR count). The van der Waals surface area contributed by atoms with Crippen molar-refractivity contribution in [3.05, 3.63) is 33.0 Å². The number of hydrogen-bond donors (Lipinski definition) is 3. The first-order valence-electron chi connectivity index (χ1n) is 8.95. The van der Waals surface area contributed by atoms with Gasteiger partial charge in [0.1, 0.15) is 5.82 Å². The molecule has 9 heteroatoms. The van der Waals surface area contributed by atoms with Crippen molar-refractivity contribution in [1.29, 1.82) is 0 Å². The lowest BCUT2D eigenvalue weighted by Gasteiger charge is -2.21. The second-order valence-electron chi connectivity index (χ2n) is 6.36. The summed E-state index contributed by atoms with van der Waals surface area (Å²) in [7, 11) is 1.59. The smallest absolute Gasteiger partial charge is 0.303 e. The van der Waals surface area contributed by atoms with E-state index in [1.807, 2.05) is 19.1 Å². The number of halogens is 1. The van der Waals surface area contributed by atoms with Gasteiger partial charge in [-0.25, -0.2) is 4.98 Å². The van der Waals surface area contributed by atoms with Crippen molar-refractivity contribution in [2.24, 2.45) is 0 Å². The minimum atomic E-state index is -0.794. The van der Waals surface area contributed by atoms with Crippen LogP contribution in [0, 0.1) is 3.57 Å². The van der Waals surface area contributed by atoms with Crippen LogP contribution < -0.4 is 20.9 Å². The fourth-order valence-corrected chi connectivity index (χ4v) is 3.57. The van der Waals surface area contributed by atoms with Gasteiger partial charge in [-0.1, -0.05) is 6.92 Å². The Labute approximate surface area is 177 Å². The highest BCUT2D eigenvalue weighted by Crippen LogP contribution is 2.36. The molecular formula is C19H25IN4O4. The lowest BCUT2D eigenvalue weighted by atomic mass is 10.1. The van der Waals surface area contributed by atoms with Crippen LogP contribution in [0.2, 0.25) is 0 Å². The van der Waals surface area contributed by atoms with Gasteiger partial charge in [-0.15, -0.1) is 0 Å². The minimum absolute atomic E-state index is 0.0752. The first-order valence-corrected chi connectivity index (χ1v) is 10.0. The van der Waals surface area contributed by atoms with Crippen LogP contribution in [0.3, 0.4) is 0 Å². The van der Waals surface area contributed by atoms with Crippen LogP contribution in [-0.2, 0) is 11.2 Å². The highest BCUT2D eigenvalue weighted by Gasteiger charge is 2.17. The molecule has 0 fully saturated rings. The van der Waals surface area contributed by atoms with E-state index in [2.05, 4.69) is 32.6 Å². The number of aromatic nitrogens is 2. The largest absolute Gasteiger partial charge is 0.493 e. The Hall–Kier alpha value is -2.30. The molecule has 152 valence electrons. The van der Waals surface area contributed by atoms with E-state index in [9.17, 15) is 4.79 Å². The molecule has 1 aromatic heterocycles. The van der Waals surface area contributed by atoms with Crippen LogP contribution in [0.15, 0.2) is 18.3 Å². The molecule has 0 aliphatic rings. The van der Waals surface area contributed by atoms with Crippen LogP contribution in [0.25, 0.3) is 0 Å². The fraction of sp³-hybridized carbons (Fsp3) is 0.421. The van der Waals surface area contributed by atoms with Crippen LogP contribution in [0.1, 0.15) is 43.7 Å². The van der Waals surface area contributed by atoms with Gasteiger partial charge in [-0.2, -0.15) is 4.98 Å². The predicted octanol–water partition coefficient (Wildman–Crippen LogP) is 3.26. The van der Waals surface area contributed by atoms with E-state index in [1.54, 1.807) is 13.3 Å². The van der Waals surface area contributed by atoms with Gasteiger partial charge in [0.25, 0.3) is 0 Å². The molecule has 0 bridgehead atoms. The van der Waals surface area contributed by atoms with Crippen LogP contribution in [-0.4, -0.2) is 34.3 Å². The summed E-state index contributed by atoms with van der Waals surface area (Å²) in [5.74, 6) is 0.985. The van der Waals surface area contributed by atoms with Gasteiger partial charge in [-0.05, 0) is 59.5 Å². The number of nitrogens with zero attached hydrogens (tertiary/aromatic N) is 2. The van der Waals surface area contributed by atoms with Gasteiger partial charge in [0.05, 0.1) is 16.8 Å². The summed E-state index contributed by atoms with van der Waals surface area (Å²) in [6.45, 7) is 2.02. The van der Waals surface area contributed by atoms with E-state index in [4.69, 9.17) is 26.0 Å². The summed E-state index contributed by atoms with van der Waals surface area (Å²) in [5.41, 5.74) is 13.2. The van der Waals surface area contributed by atoms with E-state index in [0.717, 1.165) is 21.1 Å². The average Bonchev–Trinajstić information content (AvgIpc) is 2.64. The molecular weight excluding hydrogens is 475 g/mol. The molecule has 1 aromatic carbocycles. The molecule has 28 heavy (non-hydrogen) atoms. The highest BCUT2D eigenvalue weighted by molar-refractivity contribution is 14.1. The Morgan fingerprint density at radius 1 is 1.36 bits per heavy atom. The Morgan fingerprint density at radius 2 is 2.11 bits per heavy atom. The molecule has 8 nitrogen and oxygen atoms in total. The minimum Gasteiger partial charge on any atom is -0.493 e. The lowest BCUT2D eigenvalue weighted by molar-refractivity contribution is -0.137. The number of ether oxygens (including phenoxy) is 2. The molecule has 0 saturated heterocycles. The summed E-state index contributed by atoms with van der Waals surface area (Å²) in [4.78, 5) is 18.7. The Morgan fingerprint density at radius 3 is 2.71 bits per heavy atom. The zero-order valence-corrected chi connectivity index (χ0v) is 18.1. The third kappa shape index (κ3) is 6.11. The third-order valence-corrected chi connectivity index (χ3v) is 5.06. The van der Waals surface area contributed by atoms with Gasteiger partial charge >= 0.3 is 5.97 Å². The maximum Gasteiger partial charge on any atom is 0.303 e. The van der Waals surface area contributed by atoms with E-state index in [0.29, 0.717) is 36.6 Å². The monoisotopic (exact) mass is 500 g/mol. The number of methoxy groups -OCH3 is 1. The first-order chi connectivity index (χ1) is 13.3. The normalized spacial score (nSPS) is 11.8. The molecule has 0 amide bonds. The van der Waals surface area contributed by atoms with Crippen molar-refractivity contribution in [2.75, 3.05) is 18.6 Å². The first kappa shape index (κ1) is 22.0. The Bertz CT molecular complexity index is 832. The van der Waals surface area contributed by atoms with Crippen molar-refractivity contribution in [2.45, 2.75) is 45.1 Å². The Kier molecular flexibility index (Phi) is 8.09. The van der Waals surface area contributed by atoms with E-state index in [-0.39, 0.29) is 18.5 Å². The van der Waals surface area contributed by atoms with E-state index >= 15 is 0 Å². The number of rotatable bonds is 10. The molecule has 0 saturated carbocycles. The number of carboxylic acids is 1. The van der Waals surface area contributed by atoms with Gasteiger partial charge in [0.15, 0.2) is 11.5 Å². The second kappa shape index (κ2) is 10.3. The van der Waals surface area contributed by atoms with Gasteiger partial charge in [-0.3, -0.25) is 4.79 Å². The molecule has 0 spiro atoms. The summed E-state index contributed by atoms with van der Waals surface area (Å²) in [5, 5.41) is 8.81. The summed E-state index contributed by atoms with van der Waals surface area (Å²) in [6.07, 6.45) is 4.24. The van der Waals surface area contributed by atoms with Crippen molar-refractivity contribution in [3.63, 3.8) is 0 Å². The number of nitrogen functional groups attached to an aromatic ring is 2. The van der Waals surface area contributed by atoms with E-state index < -0.39 is 5.97 Å². The predicted molar refractivity (Wildman–Crippen MR) is 116 cm³/mol. The molecule has 0 radical (unpaired) electrons. The van der Waals surface area contributed by atoms with Crippen molar-refractivity contribution in [1.82, 2.24) is 9.97 Å². The number of anilines is 2. The van der Waals surface area contributed by atoms with Crippen LogP contribution in [0.4, 0.5) is 11.8 Å². The number of hydrogen-bond acceptors (Lipinski definition) is 7. The standard InChI is InChI=1S/C19H25IN4O4/c1-3-13(5-4-6-16(25)26)28-17-14(20)8-11(9-15(17)27-2)7-12-10-23-19(22)24-18(12)21/h8-10,13H,3-7H2,1-2H3,(H,25,26)(H4,21,22,23,24). The summed E-state index contributed by atoms with van der Waals surface area (Å²) in [6, 6.07) is 3.90. The average molecular weight is 500 g/mol. The summed E-state index contributed by atoms with van der Waals surface area (Å²) < 4.78 is 12.6. The van der Waals surface area contributed by atoms with Gasteiger partial charge < -0.3 is 26.0 Å². The lowest BCUT2D eigenvalue weighted by Crippen LogP contribution is -2.17. The number of carbonyl (C=O) groups is 1. The van der Waals surface area contributed by atoms with Crippen LogP contribution in [0.5, 0.6) is 11.5 Å². The van der Waals surface area contributed by atoms with Crippen molar-refractivity contribution < 1.29 is 19.4 Å². The number of nitrogens with two attached hydrogens (primary N) is 2. The number of aliphatic carboxylic acids is 1. The number of benzene rings is 1. The zero-order chi connectivity index (χ0) is 20.7. The van der Waals surface area contributed by atoms with E-state index in [1.165, 1.54) is 0 Å². The topological polar surface area (TPSA) is 134 Å². The molecule has 5 N–H and O–H groups in total. The summed E-state index contributed by atoms with van der Waals surface area (Å²) >= 11 is 2.21. The van der Waals surface area contributed by atoms with Gasteiger partial charge in [0.2, 0.25) is 5.95 Å².